The SMILES string of the molecule is CC(=O)OCNC(=O)c1c(=O)cc(C#Cc2ccccc2)n2[nH]cnc12. The standard InChI is InChI=1S/C18H14N4O4/c1-12(23)26-11-20-18(25)16-15(24)9-14(22-17(16)19-10-21-22)8-7-13-5-3-2-4-6-13/h2-6,9-10H,11H2,1H3,(H,19,21)(H,20,25). The Morgan fingerprint density at radius 2 is 2.04 bits per heavy atom. The Bertz CT molecular complexity index is 1090. The Kier molecular flexibility index (Phi) is 4.80. The Balaban J connectivity index is 1.97. The maximum absolute atomic E-state index is 12.4. The van der Waals surface area contributed by atoms with Crippen LogP contribution < -0.4 is 10.7 Å². The zero-order valence-corrected chi connectivity index (χ0v) is 13.8. The largest absolute Gasteiger partial charge is 0.445 e. The van der Waals surface area contributed by atoms with Gasteiger partial charge in [-0.25, -0.2) is 9.50 Å². The molecule has 0 aliphatic heterocycles. The number of esters is 1. The predicted molar refractivity (Wildman–Crippen MR) is 92.3 cm³/mol. The molecule has 0 saturated heterocycles. The minimum absolute atomic E-state index is 0.134. The van der Waals surface area contributed by atoms with Crippen LogP contribution in [0.2, 0.25) is 0 Å². The van der Waals surface area contributed by atoms with Crippen molar-refractivity contribution < 1.29 is 14.3 Å². The molecule has 1 amide bonds. The first-order chi connectivity index (χ1) is 12.6. The number of ether oxygens (including phenoxy) is 1. The number of fused-ring (bicyclic) bond motifs is 1. The van der Waals surface area contributed by atoms with E-state index >= 15 is 0 Å². The van der Waals surface area contributed by atoms with Crippen molar-refractivity contribution in [1.82, 2.24) is 19.9 Å². The van der Waals surface area contributed by atoms with E-state index in [1.807, 2.05) is 30.3 Å². The van der Waals surface area contributed by atoms with Crippen LogP contribution in [0.15, 0.2) is 47.5 Å². The fourth-order valence-corrected chi connectivity index (χ4v) is 2.25. The van der Waals surface area contributed by atoms with Gasteiger partial charge in [-0.3, -0.25) is 19.5 Å². The summed E-state index contributed by atoms with van der Waals surface area (Å²) in [6.45, 7) is 0.882. The van der Waals surface area contributed by atoms with Crippen LogP contribution in [-0.2, 0) is 9.53 Å². The smallest absolute Gasteiger partial charge is 0.304 e. The van der Waals surface area contributed by atoms with Crippen molar-refractivity contribution >= 4 is 17.5 Å². The third kappa shape index (κ3) is 3.62. The molecule has 0 radical (unpaired) electrons. The molecule has 130 valence electrons. The van der Waals surface area contributed by atoms with Crippen LogP contribution in [0.1, 0.15) is 28.5 Å². The van der Waals surface area contributed by atoms with E-state index < -0.39 is 17.3 Å². The minimum Gasteiger partial charge on any atom is -0.445 e. The summed E-state index contributed by atoms with van der Waals surface area (Å²) in [6, 6.07) is 10.5. The number of hydrogen-bond acceptors (Lipinski definition) is 5. The number of hydrogen-bond donors (Lipinski definition) is 2. The van der Waals surface area contributed by atoms with Gasteiger partial charge in [0.1, 0.15) is 17.6 Å². The third-order valence-corrected chi connectivity index (χ3v) is 3.41. The van der Waals surface area contributed by atoms with Crippen LogP contribution in [-0.4, -0.2) is 33.2 Å². The molecule has 2 heterocycles. The lowest BCUT2D eigenvalue weighted by Gasteiger charge is -2.06. The number of amides is 1. The molecule has 0 bridgehead atoms. The number of carbonyl (C=O) groups excluding carboxylic acids is 2. The van der Waals surface area contributed by atoms with Crippen molar-refractivity contribution in [3.05, 3.63) is 69.8 Å². The molecule has 0 atom stereocenters. The molecule has 1 aromatic carbocycles. The lowest BCUT2D eigenvalue weighted by Crippen LogP contribution is -2.32. The van der Waals surface area contributed by atoms with Crippen LogP contribution in [0.4, 0.5) is 0 Å². The fourth-order valence-electron chi connectivity index (χ4n) is 2.25. The Morgan fingerprint density at radius 3 is 2.77 bits per heavy atom. The van der Waals surface area contributed by atoms with Crippen LogP contribution in [0.3, 0.4) is 0 Å². The second-order valence-corrected chi connectivity index (χ2v) is 5.22. The zero-order valence-electron chi connectivity index (χ0n) is 13.8. The van der Waals surface area contributed by atoms with Crippen molar-refractivity contribution in [3.63, 3.8) is 0 Å². The van der Waals surface area contributed by atoms with Crippen molar-refractivity contribution in [2.75, 3.05) is 6.73 Å². The number of nitrogens with zero attached hydrogens (tertiary/aromatic N) is 2. The lowest BCUT2D eigenvalue weighted by atomic mass is 10.2. The molecule has 0 fully saturated rings. The second-order valence-electron chi connectivity index (χ2n) is 5.22. The highest BCUT2D eigenvalue weighted by Crippen LogP contribution is 2.06. The first-order valence-corrected chi connectivity index (χ1v) is 7.64. The molecule has 8 nitrogen and oxygen atoms in total. The fraction of sp³-hybridized carbons (Fsp3) is 0.111. The summed E-state index contributed by atoms with van der Waals surface area (Å²) < 4.78 is 6.09. The number of aromatic amines is 1. The monoisotopic (exact) mass is 350 g/mol. The third-order valence-electron chi connectivity index (χ3n) is 3.41. The minimum atomic E-state index is -0.691. The van der Waals surface area contributed by atoms with E-state index in [-0.39, 0.29) is 17.9 Å². The van der Waals surface area contributed by atoms with Crippen molar-refractivity contribution in [1.29, 1.82) is 0 Å². The van der Waals surface area contributed by atoms with Crippen molar-refractivity contribution in [3.8, 4) is 11.8 Å². The van der Waals surface area contributed by atoms with Gasteiger partial charge in [0.05, 0.1) is 0 Å². The van der Waals surface area contributed by atoms with Gasteiger partial charge in [0.2, 0.25) is 0 Å². The van der Waals surface area contributed by atoms with E-state index in [2.05, 4.69) is 32.0 Å². The van der Waals surface area contributed by atoms with Crippen molar-refractivity contribution in [2.24, 2.45) is 0 Å². The second kappa shape index (κ2) is 7.36. The van der Waals surface area contributed by atoms with Gasteiger partial charge in [0.15, 0.2) is 17.8 Å². The number of pyridine rings is 1. The number of nitrogens with one attached hydrogen (secondary N) is 2. The van der Waals surface area contributed by atoms with Gasteiger partial charge in [-0.15, -0.1) is 0 Å². The molecule has 2 N–H and O–H groups in total. The highest BCUT2D eigenvalue weighted by atomic mass is 16.5. The van der Waals surface area contributed by atoms with Gasteiger partial charge in [-0.1, -0.05) is 24.1 Å². The normalized spacial score (nSPS) is 10.0. The quantitative estimate of drug-likeness (QED) is 0.410. The molecular weight excluding hydrogens is 336 g/mol. The van der Waals surface area contributed by atoms with Crippen LogP contribution in [0, 0.1) is 11.8 Å². The van der Waals surface area contributed by atoms with Crippen LogP contribution >= 0.6 is 0 Å². The molecule has 3 rings (SSSR count). The Labute approximate surface area is 147 Å². The van der Waals surface area contributed by atoms with Gasteiger partial charge in [-0.2, -0.15) is 0 Å². The topological polar surface area (TPSA) is 106 Å². The summed E-state index contributed by atoms with van der Waals surface area (Å²) in [5, 5.41) is 5.17. The first-order valence-electron chi connectivity index (χ1n) is 7.64. The van der Waals surface area contributed by atoms with Crippen molar-refractivity contribution in [2.45, 2.75) is 6.92 Å². The van der Waals surface area contributed by atoms with Gasteiger partial charge in [0, 0.05) is 18.6 Å². The molecule has 2 aromatic heterocycles. The van der Waals surface area contributed by atoms with E-state index in [9.17, 15) is 14.4 Å². The number of carbonyl (C=O) groups is 2. The molecule has 8 heteroatoms. The molecule has 0 spiro atoms. The van der Waals surface area contributed by atoms with Gasteiger partial charge in [0.25, 0.3) is 5.91 Å². The van der Waals surface area contributed by atoms with E-state index in [0.29, 0.717) is 5.69 Å². The maximum atomic E-state index is 12.4. The Morgan fingerprint density at radius 1 is 1.27 bits per heavy atom. The molecule has 0 saturated carbocycles. The number of H-pyrrole nitrogens is 1. The van der Waals surface area contributed by atoms with E-state index in [1.165, 1.54) is 23.8 Å². The first kappa shape index (κ1) is 17.0. The summed E-state index contributed by atoms with van der Waals surface area (Å²) in [6.07, 6.45) is 1.35. The van der Waals surface area contributed by atoms with Gasteiger partial charge < -0.3 is 10.1 Å². The van der Waals surface area contributed by atoms with Crippen LogP contribution in [0.25, 0.3) is 5.65 Å². The average molecular weight is 350 g/mol. The molecular formula is C18H14N4O4. The molecule has 26 heavy (non-hydrogen) atoms. The summed E-state index contributed by atoms with van der Waals surface area (Å²) in [4.78, 5) is 39.4. The summed E-state index contributed by atoms with van der Waals surface area (Å²) in [7, 11) is 0. The summed E-state index contributed by atoms with van der Waals surface area (Å²) in [5.74, 6) is 4.61. The zero-order chi connectivity index (χ0) is 18.5. The highest BCUT2D eigenvalue weighted by molar-refractivity contribution is 5.99. The highest BCUT2D eigenvalue weighted by Gasteiger charge is 2.18. The molecule has 0 unspecified atom stereocenters. The molecule has 0 aliphatic rings. The molecule has 3 aromatic rings. The average Bonchev–Trinajstić information content (AvgIpc) is 3.09. The van der Waals surface area contributed by atoms with Gasteiger partial charge >= 0.3 is 5.97 Å². The van der Waals surface area contributed by atoms with Gasteiger partial charge in [-0.05, 0) is 18.1 Å². The summed E-state index contributed by atoms with van der Waals surface area (Å²) >= 11 is 0. The van der Waals surface area contributed by atoms with E-state index in [4.69, 9.17) is 0 Å². The Hall–Kier alpha value is -3.86. The number of benzene rings is 1. The van der Waals surface area contributed by atoms with E-state index in [1.54, 1.807) is 0 Å². The number of aromatic nitrogens is 3. The molecule has 0 aliphatic carbocycles. The lowest BCUT2D eigenvalue weighted by molar-refractivity contribution is -0.141. The summed E-state index contributed by atoms with van der Waals surface area (Å²) in [5.41, 5.74) is 0.591. The van der Waals surface area contributed by atoms with E-state index in [0.717, 1.165) is 5.56 Å². The van der Waals surface area contributed by atoms with Crippen LogP contribution in [0.5, 0.6) is 0 Å². The predicted octanol–water partition coefficient (Wildman–Crippen LogP) is 0.673. The maximum Gasteiger partial charge on any atom is 0.304 e. The number of rotatable bonds is 3.